The first-order valence-corrected chi connectivity index (χ1v) is 6.51. The molecule has 0 fully saturated rings. The van der Waals surface area contributed by atoms with Gasteiger partial charge in [0.05, 0.1) is 0 Å². The van der Waals surface area contributed by atoms with E-state index in [1.54, 1.807) is 6.92 Å². The fourth-order valence-corrected chi connectivity index (χ4v) is 1.99. The Balaban J connectivity index is 2.20. The number of aromatic nitrogens is 1. The molecule has 8 heteroatoms. The second-order valence-electron chi connectivity index (χ2n) is 4.86. The number of aryl methyl sites for hydroxylation is 1. The SMILES string of the molecule is Cc1cc(F)ccc1NC(=O)Cn1cccc(C(F)(F)F)c1=O. The summed E-state index contributed by atoms with van der Waals surface area (Å²) in [5.74, 6) is -1.17. The van der Waals surface area contributed by atoms with Crippen molar-refractivity contribution in [2.75, 3.05) is 5.32 Å². The molecular weight excluding hydrogens is 316 g/mol. The van der Waals surface area contributed by atoms with Gasteiger partial charge in [-0.05, 0) is 42.8 Å². The Labute approximate surface area is 128 Å². The van der Waals surface area contributed by atoms with Crippen molar-refractivity contribution in [3.05, 3.63) is 63.8 Å². The lowest BCUT2D eigenvalue weighted by molar-refractivity contribution is -0.139. The highest BCUT2D eigenvalue weighted by Crippen LogP contribution is 2.26. The van der Waals surface area contributed by atoms with E-state index in [2.05, 4.69) is 5.32 Å². The molecule has 0 spiro atoms. The van der Waals surface area contributed by atoms with Crippen molar-refractivity contribution in [1.82, 2.24) is 4.57 Å². The summed E-state index contributed by atoms with van der Waals surface area (Å²) in [6.45, 7) is 0.981. The molecule has 2 aromatic rings. The molecule has 1 heterocycles. The summed E-state index contributed by atoms with van der Waals surface area (Å²) in [6, 6.07) is 5.37. The van der Waals surface area contributed by atoms with E-state index in [4.69, 9.17) is 0 Å². The average molecular weight is 328 g/mol. The van der Waals surface area contributed by atoms with Crippen LogP contribution in [-0.2, 0) is 17.5 Å². The Morgan fingerprint density at radius 3 is 2.57 bits per heavy atom. The van der Waals surface area contributed by atoms with E-state index in [1.165, 1.54) is 12.1 Å². The molecule has 1 N–H and O–H groups in total. The number of benzene rings is 1. The first kappa shape index (κ1) is 16.7. The van der Waals surface area contributed by atoms with E-state index in [1.807, 2.05) is 0 Å². The number of pyridine rings is 1. The molecule has 0 aliphatic heterocycles. The van der Waals surface area contributed by atoms with Gasteiger partial charge in [0.2, 0.25) is 5.91 Å². The number of anilines is 1. The quantitative estimate of drug-likeness (QED) is 0.881. The third kappa shape index (κ3) is 3.97. The maximum Gasteiger partial charge on any atom is 0.421 e. The molecule has 1 aromatic heterocycles. The highest BCUT2D eigenvalue weighted by atomic mass is 19.4. The number of nitrogens with one attached hydrogen (secondary N) is 1. The van der Waals surface area contributed by atoms with Gasteiger partial charge in [-0.15, -0.1) is 0 Å². The minimum atomic E-state index is -4.79. The van der Waals surface area contributed by atoms with Crippen molar-refractivity contribution in [2.45, 2.75) is 19.6 Å². The maximum absolute atomic E-state index is 13.0. The summed E-state index contributed by atoms with van der Waals surface area (Å²) in [5, 5.41) is 2.42. The number of hydrogen-bond acceptors (Lipinski definition) is 2. The molecule has 23 heavy (non-hydrogen) atoms. The zero-order valence-electron chi connectivity index (χ0n) is 11.9. The fourth-order valence-electron chi connectivity index (χ4n) is 1.99. The first-order valence-electron chi connectivity index (χ1n) is 6.51. The van der Waals surface area contributed by atoms with Crippen molar-refractivity contribution in [3.63, 3.8) is 0 Å². The molecule has 0 atom stereocenters. The maximum atomic E-state index is 13.0. The van der Waals surface area contributed by atoms with Crippen LogP contribution in [0.15, 0.2) is 41.3 Å². The Kier molecular flexibility index (Phi) is 4.53. The third-order valence-electron chi connectivity index (χ3n) is 3.10. The molecule has 0 bridgehead atoms. The second-order valence-corrected chi connectivity index (χ2v) is 4.86. The van der Waals surface area contributed by atoms with Crippen LogP contribution in [0.5, 0.6) is 0 Å². The zero-order chi connectivity index (χ0) is 17.2. The van der Waals surface area contributed by atoms with Crippen molar-refractivity contribution < 1.29 is 22.4 Å². The van der Waals surface area contributed by atoms with E-state index in [0.29, 0.717) is 21.9 Å². The molecule has 0 unspecified atom stereocenters. The van der Waals surface area contributed by atoms with Gasteiger partial charge in [-0.25, -0.2) is 4.39 Å². The fraction of sp³-hybridized carbons (Fsp3) is 0.200. The topological polar surface area (TPSA) is 51.1 Å². The van der Waals surface area contributed by atoms with Gasteiger partial charge in [0.25, 0.3) is 5.56 Å². The summed E-state index contributed by atoms with van der Waals surface area (Å²) in [7, 11) is 0. The smallest absolute Gasteiger partial charge is 0.324 e. The van der Waals surface area contributed by atoms with Gasteiger partial charge in [-0.3, -0.25) is 9.59 Å². The molecule has 0 saturated heterocycles. The second kappa shape index (κ2) is 6.23. The van der Waals surface area contributed by atoms with Gasteiger partial charge in [0.15, 0.2) is 0 Å². The number of carbonyl (C=O) groups is 1. The molecule has 0 aliphatic carbocycles. The largest absolute Gasteiger partial charge is 0.421 e. The molecular formula is C15H12F4N2O2. The Hall–Kier alpha value is -2.64. The van der Waals surface area contributed by atoms with Crippen LogP contribution in [0.4, 0.5) is 23.2 Å². The van der Waals surface area contributed by atoms with E-state index in [-0.39, 0.29) is 0 Å². The van der Waals surface area contributed by atoms with Gasteiger partial charge < -0.3 is 9.88 Å². The molecule has 2 rings (SSSR count). The number of hydrogen-bond donors (Lipinski definition) is 1. The lowest BCUT2D eigenvalue weighted by atomic mass is 10.2. The average Bonchev–Trinajstić information content (AvgIpc) is 2.43. The monoisotopic (exact) mass is 328 g/mol. The molecule has 4 nitrogen and oxygen atoms in total. The number of amides is 1. The lowest BCUT2D eigenvalue weighted by Gasteiger charge is -2.11. The van der Waals surface area contributed by atoms with Crippen LogP contribution in [0.3, 0.4) is 0 Å². The van der Waals surface area contributed by atoms with Crippen LogP contribution < -0.4 is 10.9 Å². The van der Waals surface area contributed by atoms with Crippen molar-refractivity contribution in [2.24, 2.45) is 0 Å². The molecule has 0 radical (unpaired) electrons. The van der Waals surface area contributed by atoms with Gasteiger partial charge in [0.1, 0.15) is 17.9 Å². The van der Waals surface area contributed by atoms with Crippen molar-refractivity contribution in [1.29, 1.82) is 0 Å². The number of rotatable bonds is 3. The normalized spacial score (nSPS) is 11.3. The molecule has 0 aliphatic rings. The van der Waals surface area contributed by atoms with Crippen LogP contribution in [0.2, 0.25) is 0 Å². The Morgan fingerprint density at radius 2 is 1.96 bits per heavy atom. The van der Waals surface area contributed by atoms with Crippen LogP contribution in [0.25, 0.3) is 0 Å². The molecule has 1 amide bonds. The number of nitrogens with zero attached hydrogens (tertiary/aromatic N) is 1. The highest BCUT2D eigenvalue weighted by molar-refractivity contribution is 5.91. The third-order valence-corrected chi connectivity index (χ3v) is 3.10. The lowest BCUT2D eigenvalue weighted by Crippen LogP contribution is -2.32. The van der Waals surface area contributed by atoms with Crippen LogP contribution in [0, 0.1) is 12.7 Å². The highest BCUT2D eigenvalue weighted by Gasteiger charge is 2.34. The van der Waals surface area contributed by atoms with E-state index < -0.39 is 35.6 Å². The Bertz CT molecular complexity index is 797. The molecule has 1 aromatic carbocycles. The van der Waals surface area contributed by atoms with Crippen LogP contribution in [-0.4, -0.2) is 10.5 Å². The minimum absolute atomic E-state index is 0.316. The van der Waals surface area contributed by atoms with Gasteiger partial charge in [-0.1, -0.05) is 0 Å². The molecule has 0 saturated carbocycles. The summed E-state index contributed by atoms with van der Waals surface area (Å²) in [4.78, 5) is 23.6. The van der Waals surface area contributed by atoms with Crippen molar-refractivity contribution >= 4 is 11.6 Å². The number of halogens is 4. The number of carbonyl (C=O) groups excluding carboxylic acids is 1. The summed E-state index contributed by atoms with van der Waals surface area (Å²) in [6.07, 6.45) is -3.70. The predicted molar refractivity (Wildman–Crippen MR) is 75.5 cm³/mol. The van der Waals surface area contributed by atoms with Crippen molar-refractivity contribution in [3.8, 4) is 0 Å². The van der Waals surface area contributed by atoms with E-state index in [9.17, 15) is 27.2 Å². The Morgan fingerprint density at radius 1 is 1.26 bits per heavy atom. The standard InChI is InChI=1S/C15H12F4N2O2/c1-9-7-10(16)4-5-12(9)20-13(22)8-21-6-2-3-11(14(21)23)15(17,18)19/h2-7H,8H2,1H3,(H,20,22). The van der Waals surface area contributed by atoms with Gasteiger partial charge in [0, 0.05) is 11.9 Å². The van der Waals surface area contributed by atoms with E-state index >= 15 is 0 Å². The zero-order valence-corrected chi connectivity index (χ0v) is 11.9. The van der Waals surface area contributed by atoms with Crippen LogP contribution in [0.1, 0.15) is 11.1 Å². The summed E-state index contributed by atoms with van der Waals surface area (Å²) >= 11 is 0. The van der Waals surface area contributed by atoms with E-state index in [0.717, 1.165) is 18.3 Å². The van der Waals surface area contributed by atoms with Gasteiger partial charge in [-0.2, -0.15) is 13.2 Å². The van der Waals surface area contributed by atoms with Gasteiger partial charge >= 0.3 is 6.18 Å². The minimum Gasteiger partial charge on any atom is -0.324 e. The number of alkyl halides is 3. The summed E-state index contributed by atoms with van der Waals surface area (Å²) < 4.78 is 51.6. The molecule has 122 valence electrons. The summed E-state index contributed by atoms with van der Waals surface area (Å²) in [5.41, 5.74) is -1.87. The predicted octanol–water partition coefficient (Wildman–Crippen LogP) is 2.95. The first-order chi connectivity index (χ1) is 10.7. The van der Waals surface area contributed by atoms with Crippen LogP contribution >= 0.6 is 0 Å².